The first-order valence-electron chi connectivity index (χ1n) is 12.3. The summed E-state index contributed by atoms with van der Waals surface area (Å²) in [6.07, 6.45) is 6.33. The van der Waals surface area contributed by atoms with Gasteiger partial charge in [0.1, 0.15) is 5.69 Å². The molecular formula is C24H35N5O4. The van der Waals surface area contributed by atoms with Crippen LogP contribution in [0.1, 0.15) is 38.5 Å². The maximum absolute atomic E-state index is 12.9. The second kappa shape index (κ2) is 11.0. The molecule has 0 spiro atoms. The highest BCUT2D eigenvalue weighted by molar-refractivity contribution is 5.80. The van der Waals surface area contributed by atoms with Crippen molar-refractivity contribution in [1.29, 1.82) is 0 Å². The summed E-state index contributed by atoms with van der Waals surface area (Å²) in [7, 11) is 0. The van der Waals surface area contributed by atoms with Gasteiger partial charge in [0.25, 0.3) is 5.69 Å². The first-order chi connectivity index (χ1) is 16.0. The zero-order valence-electron chi connectivity index (χ0n) is 19.4. The van der Waals surface area contributed by atoms with Gasteiger partial charge in [0.2, 0.25) is 11.8 Å². The standard InChI is InChI=1S/C24H35N5O4/c30-23(27-17-15-26(16-18-27)21-7-3-4-8-22(21)29(32)33)19-25-13-9-20(10-14-25)24(31)28-11-5-1-2-6-12-28/h3-4,7-8,20H,1-2,5-6,9-19H2. The molecule has 180 valence electrons. The van der Waals surface area contributed by atoms with Crippen LogP contribution < -0.4 is 4.90 Å². The lowest BCUT2D eigenvalue weighted by atomic mass is 9.95. The number of carbonyl (C=O) groups is 2. The highest BCUT2D eigenvalue weighted by atomic mass is 16.6. The average Bonchev–Trinajstić information content (AvgIpc) is 3.14. The monoisotopic (exact) mass is 457 g/mol. The highest BCUT2D eigenvalue weighted by Gasteiger charge is 2.31. The van der Waals surface area contributed by atoms with Crippen molar-refractivity contribution in [3.63, 3.8) is 0 Å². The molecular weight excluding hydrogens is 422 g/mol. The Balaban J connectivity index is 1.22. The summed E-state index contributed by atoms with van der Waals surface area (Å²) in [5.41, 5.74) is 0.723. The number of anilines is 1. The van der Waals surface area contributed by atoms with Gasteiger partial charge < -0.3 is 14.7 Å². The van der Waals surface area contributed by atoms with Gasteiger partial charge in [0.05, 0.1) is 11.5 Å². The Bertz CT molecular complexity index is 839. The number of nitrogens with zero attached hydrogens (tertiary/aromatic N) is 5. The van der Waals surface area contributed by atoms with Crippen molar-refractivity contribution < 1.29 is 14.5 Å². The van der Waals surface area contributed by atoms with Crippen LogP contribution in [-0.4, -0.2) is 90.3 Å². The number of hydrogen-bond acceptors (Lipinski definition) is 6. The number of hydrogen-bond donors (Lipinski definition) is 0. The van der Waals surface area contributed by atoms with E-state index in [9.17, 15) is 19.7 Å². The van der Waals surface area contributed by atoms with Gasteiger partial charge in [-0.3, -0.25) is 24.6 Å². The van der Waals surface area contributed by atoms with Crippen molar-refractivity contribution in [1.82, 2.24) is 14.7 Å². The molecule has 3 heterocycles. The molecule has 2 amide bonds. The molecule has 0 bridgehead atoms. The topological polar surface area (TPSA) is 90.2 Å². The summed E-state index contributed by atoms with van der Waals surface area (Å²) >= 11 is 0. The van der Waals surface area contributed by atoms with E-state index in [1.807, 2.05) is 9.80 Å². The van der Waals surface area contributed by atoms with Gasteiger partial charge in [0.15, 0.2) is 0 Å². The summed E-state index contributed by atoms with van der Waals surface area (Å²) in [6, 6.07) is 6.77. The van der Waals surface area contributed by atoms with Crippen molar-refractivity contribution in [3.8, 4) is 0 Å². The predicted molar refractivity (Wildman–Crippen MR) is 126 cm³/mol. The fraction of sp³-hybridized carbons (Fsp3) is 0.667. The minimum atomic E-state index is -0.353. The molecule has 3 fully saturated rings. The van der Waals surface area contributed by atoms with Crippen LogP contribution in [0, 0.1) is 16.0 Å². The van der Waals surface area contributed by atoms with Crippen LogP contribution in [0.3, 0.4) is 0 Å². The molecule has 0 saturated carbocycles. The second-order valence-electron chi connectivity index (χ2n) is 9.40. The fourth-order valence-corrected chi connectivity index (χ4v) is 5.26. The molecule has 1 aromatic rings. The van der Waals surface area contributed by atoms with Crippen molar-refractivity contribution in [2.75, 3.05) is 63.8 Å². The van der Waals surface area contributed by atoms with Gasteiger partial charge in [-0.15, -0.1) is 0 Å². The van der Waals surface area contributed by atoms with E-state index in [1.54, 1.807) is 18.2 Å². The van der Waals surface area contributed by atoms with Gasteiger partial charge >= 0.3 is 0 Å². The maximum Gasteiger partial charge on any atom is 0.292 e. The molecule has 3 aliphatic rings. The molecule has 0 radical (unpaired) electrons. The van der Waals surface area contributed by atoms with E-state index < -0.39 is 0 Å². The average molecular weight is 458 g/mol. The van der Waals surface area contributed by atoms with E-state index in [4.69, 9.17) is 0 Å². The molecule has 9 nitrogen and oxygen atoms in total. The third-order valence-corrected chi connectivity index (χ3v) is 7.26. The molecule has 0 unspecified atom stereocenters. The molecule has 0 aromatic heterocycles. The van der Waals surface area contributed by atoms with Gasteiger partial charge in [0, 0.05) is 51.3 Å². The Morgan fingerprint density at radius 2 is 1.48 bits per heavy atom. The fourth-order valence-electron chi connectivity index (χ4n) is 5.26. The molecule has 0 aliphatic carbocycles. The minimum absolute atomic E-state index is 0.0969. The highest BCUT2D eigenvalue weighted by Crippen LogP contribution is 2.28. The molecule has 3 saturated heterocycles. The lowest BCUT2D eigenvalue weighted by molar-refractivity contribution is -0.384. The summed E-state index contributed by atoms with van der Waals surface area (Å²) in [5, 5.41) is 11.3. The zero-order chi connectivity index (χ0) is 23.2. The summed E-state index contributed by atoms with van der Waals surface area (Å²) in [5.74, 6) is 0.517. The molecule has 4 rings (SSSR count). The first-order valence-corrected chi connectivity index (χ1v) is 12.3. The predicted octanol–water partition coefficient (Wildman–Crippen LogP) is 2.36. The first kappa shape index (κ1) is 23.5. The molecule has 0 atom stereocenters. The number of carbonyl (C=O) groups excluding carboxylic acids is 2. The van der Waals surface area contributed by atoms with Gasteiger partial charge in [-0.2, -0.15) is 0 Å². The van der Waals surface area contributed by atoms with E-state index in [0.717, 1.165) is 51.9 Å². The second-order valence-corrected chi connectivity index (χ2v) is 9.40. The zero-order valence-corrected chi connectivity index (χ0v) is 19.4. The maximum atomic E-state index is 12.9. The number of nitro groups is 1. The van der Waals surface area contributed by atoms with E-state index >= 15 is 0 Å². The minimum Gasteiger partial charge on any atom is -0.362 e. The van der Waals surface area contributed by atoms with Crippen LogP contribution in [0.25, 0.3) is 0 Å². The van der Waals surface area contributed by atoms with Crippen LogP contribution >= 0.6 is 0 Å². The van der Waals surface area contributed by atoms with Crippen molar-refractivity contribution in [2.24, 2.45) is 5.92 Å². The van der Waals surface area contributed by atoms with E-state index in [-0.39, 0.29) is 22.4 Å². The number of likely N-dealkylation sites (tertiary alicyclic amines) is 2. The van der Waals surface area contributed by atoms with Gasteiger partial charge in [-0.05, 0) is 44.8 Å². The van der Waals surface area contributed by atoms with E-state index in [0.29, 0.717) is 44.3 Å². The van der Waals surface area contributed by atoms with Crippen LogP contribution in [0.2, 0.25) is 0 Å². The van der Waals surface area contributed by atoms with Crippen molar-refractivity contribution in [3.05, 3.63) is 34.4 Å². The summed E-state index contributed by atoms with van der Waals surface area (Å²) in [4.78, 5) is 44.8. The number of benzene rings is 1. The van der Waals surface area contributed by atoms with Gasteiger partial charge in [-0.1, -0.05) is 25.0 Å². The number of rotatable bonds is 5. The Morgan fingerprint density at radius 3 is 2.12 bits per heavy atom. The molecule has 3 aliphatic heterocycles. The van der Waals surface area contributed by atoms with Gasteiger partial charge in [-0.25, -0.2) is 0 Å². The number of piperidine rings is 1. The summed E-state index contributed by atoms with van der Waals surface area (Å²) < 4.78 is 0. The Morgan fingerprint density at radius 1 is 0.848 bits per heavy atom. The molecule has 9 heteroatoms. The molecule has 1 aromatic carbocycles. The number of piperazine rings is 1. The SMILES string of the molecule is O=C(CN1CCC(C(=O)N2CCCCCC2)CC1)N1CCN(c2ccccc2[N+](=O)[O-])CC1. The largest absolute Gasteiger partial charge is 0.362 e. The number of amides is 2. The third-order valence-electron chi connectivity index (χ3n) is 7.26. The summed E-state index contributed by atoms with van der Waals surface area (Å²) in [6.45, 7) is 6.05. The quantitative estimate of drug-likeness (QED) is 0.498. The van der Waals surface area contributed by atoms with Crippen LogP contribution in [0.15, 0.2) is 24.3 Å². The Labute approximate surface area is 195 Å². The lowest BCUT2D eigenvalue weighted by Gasteiger charge is -2.38. The van der Waals surface area contributed by atoms with E-state index in [2.05, 4.69) is 9.80 Å². The normalized spacial score (nSPS) is 21.0. The molecule has 0 N–H and O–H groups in total. The number of nitro benzene ring substituents is 1. The smallest absolute Gasteiger partial charge is 0.292 e. The van der Waals surface area contributed by atoms with Crippen LogP contribution in [0.4, 0.5) is 11.4 Å². The Hall–Kier alpha value is -2.68. The van der Waals surface area contributed by atoms with Crippen molar-refractivity contribution >= 4 is 23.2 Å². The number of para-hydroxylation sites is 2. The Kier molecular flexibility index (Phi) is 7.80. The third kappa shape index (κ3) is 5.82. The van der Waals surface area contributed by atoms with Crippen LogP contribution in [0.5, 0.6) is 0 Å². The molecule has 33 heavy (non-hydrogen) atoms. The van der Waals surface area contributed by atoms with Crippen LogP contribution in [-0.2, 0) is 9.59 Å². The van der Waals surface area contributed by atoms with E-state index in [1.165, 1.54) is 18.9 Å². The van der Waals surface area contributed by atoms with Crippen molar-refractivity contribution in [2.45, 2.75) is 38.5 Å². The lowest BCUT2D eigenvalue weighted by Crippen LogP contribution is -2.52.